The molecule has 9 heteroatoms. The number of hydrogen-bond acceptors (Lipinski definition) is 7. The second kappa shape index (κ2) is 10.3. The predicted octanol–water partition coefficient (Wildman–Crippen LogP) is 3.97. The van der Waals surface area contributed by atoms with Gasteiger partial charge in [0.05, 0.1) is 18.9 Å². The molecule has 33 heavy (non-hydrogen) atoms. The van der Waals surface area contributed by atoms with Gasteiger partial charge >= 0.3 is 0 Å². The van der Waals surface area contributed by atoms with Crippen LogP contribution in [0.3, 0.4) is 0 Å². The standard InChI is InChI=1S/C15H19N3O3.C9H10N2O/c1-10-4-5-11(8-12(10)16-9-19)14-17-13(21-18-14)6-7-15(2,3)20;1-7-5-10-9-4-3-8(12-2)6-11(7)9/h4-5,8-9,20H,6-7H2,1-3H3,(H,16,19);3-6H,1-2H3. The Morgan fingerprint density at radius 3 is 2.73 bits per heavy atom. The maximum Gasteiger partial charge on any atom is 0.227 e. The first-order chi connectivity index (χ1) is 15.7. The van der Waals surface area contributed by atoms with E-state index >= 15 is 0 Å². The average molecular weight is 452 g/mol. The number of imidazole rings is 1. The van der Waals surface area contributed by atoms with E-state index in [1.165, 1.54) is 0 Å². The number of pyridine rings is 1. The largest absolute Gasteiger partial charge is 0.495 e. The summed E-state index contributed by atoms with van der Waals surface area (Å²) in [5.41, 5.74) is 3.74. The SMILES string of the molecule is COc1ccc2ncc(C)n2c1.Cc1ccc(-c2noc(CCC(C)(C)O)n2)cc1NC=O. The summed E-state index contributed by atoms with van der Waals surface area (Å²) in [6.45, 7) is 7.39. The number of nitrogens with one attached hydrogen (secondary N) is 1. The highest BCUT2D eigenvalue weighted by atomic mass is 16.5. The van der Waals surface area contributed by atoms with Gasteiger partial charge in [0.25, 0.3) is 0 Å². The van der Waals surface area contributed by atoms with Crippen molar-refractivity contribution in [2.24, 2.45) is 0 Å². The third kappa shape index (κ3) is 6.39. The fourth-order valence-electron chi connectivity index (χ4n) is 3.07. The zero-order valence-electron chi connectivity index (χ0n) is 19.5. The minimum absolute atomic E-state index is 0.467. The second-order valence-electron chi connectivity index (χ2n) is 8.31. The van der Waals surface area contributed by atoms with E-state index in [1.807, 2.05) is 54.9 Å². The number of methoxy groups -OCH3 is 1. The molecule has 0 aliphatic carbocycles. The van der Waals surface area contributed by atoms with Gasteiger partial charge in [-0.05, 0) is 57.9 Å². The molecule has 0 atom stereocenters. The van der Waals surface area contributed by atoms with Crippen LogP contribution in [0.1, 0.15) is 37.4 Å². The molecule has 174 valence electrons. The van der Waals surface area contributed by atoms with E-state index in [-0.39, 0.29) is 0 Å². The lowest BCUT2D eigenvalue weighted by Gasteiger charge is -2.14. The number of aliphatic hydroxyl groups is 1. The number of amides is 1. The molecule has 0 saturated heterocycles. The highest BCUT2D eigenvalue weighted by molar-refractivity contribution is 5.76. The maximum absolute atomic E-state index is 10.6. The summed E-state index contributed by atoms with van der Waals surface area (Å²) in [6.07, 6.45) is 5.46. The van der Waals surface area contributed by atoms with E-state index in [0.29, 0.717) is 36.7 Å². The molecule has 0 aliphatic heterocycles. The van der Waals surface area contributed by atoms with Gasteiger partial charge in [-0.3, -0.25) is 4.79 Å². The zero-order valence-corrected chi connectivity index (χ0v) is 19.5. The number of nitrogens with zero attached hydrogens (tertiary/aromatic N) is 4. The van der Waals surface area contributed by atoms with Crippen molar-refractivity contribution in [3.05, 3.63) is 59.9 Å². The topological polar surface area (TPSA) is 115 Å². The molecule has 0 saturated carbocycles. The van der Waals surface area contributed by atoms with E-state index in [4.69, 9.17) is 9.26 Å². The van der Waals surface area contributed by atoms with Crippen molar-refractivity contribution in [2.45, 2.75) is 46.1 Å². The quantitative estimate of drug-likeness (QED) is 0.409. The molecule has 9 nitrogen and oxygen atoms in total. The van der Waals surface area contributed by atoms with Crippen LogP contribution in [0.15, 0.2) is 47.2 Å². The molecule has 3 aromatic heterocycles. The van der Waals surface area contributed by atoms with Gasteiger partial charge in [-0.15, -0.1) is 0 Å². The number of carbonyl (C=O) groups is 1. The molecular formula is C24H29N5O4. The van der Waals surface area contributed by atoms with Crippen LogP contribution in [-0.4, -0.2) is 43.8 Å². The number of anilines is 1. The Labute approximate surface area is 192 Å². The minimum Gasteiger partial charge on any atom is -0.495 e. The molecule has 0 bridgehead atoms. The molecule has 4 aromatic rings. The van der Waals surface area contributed by atoms with Gasteiger partial charge in [0.2, 0.25) is 18.1 Å². The van der Waals surface area contributed by atoms with E-state index in [2.05, 4.69) is 20.4 Å². The van der Waals surface area contributed by atoms with E-state index < -0.39 is 5.60 Å². The molecule has 2 N–H and O–H groups in total. The highest BCUT2D eigenvalue weighted by Gasteiger charge is 2.16. The van der Waals surface area contributed by atoms with Crippen molar-refractivity contribution in [3.63, 3.8) is 0 Å². The molecule has 0 radical (unpaired) electrons. The maximum atomic E-state index is 10.6. The van der Waals surface area contributed by atoms with E-state index in [9.17, 15) is 9.90 Å². The lowest BCUT2D eigenvalue weighted by molar-refractivity contribution is -0.105. The van der Waals surface area contributed by atoms with Crippen LogP contribution in [0, 0.1) is 13.8 Å². The molecule has 4 rings (SSSR count). The van der Waals surface area contributed by atoms with Crippen molar-refractivity contribution >= 4 is 17.7 Å². The summed E-state index contributed by atoms with van der Waals surface area (Å²) in [7, 11) is 1.66. The van der Waals surface area contributed by atoms with Crippen LogP contribution in [0.2, 0.25) is 0 Å². The summed E-state index contributed by atoms with van der Waals surface area (Å²) < 4.78 is 12.3. The van der Waals surface area contributed by atoms with E-state index in [0.717, 1.165) is 28.2 Å². The first kappa shape index (κ1) is 23.9. The van der Waals surface area contributed by atoms with Gasteiger partial charge in [-0.1, -0.05) is 17.3 Å². The Hall–Kier alpha value is -3.72. The predicted molar refractivity (Wildman–Crippen MR) is 125 cm³/mol. The lowest BCUT2D eigenvalue weighted by Crippen LogP contribution is -2.19. The Morgan fingerprint density at radius 1 is 1.24 bits per heavy atom. The monoisotopic (exact) mass is 451 g/mol. The molecule has 3 heterocycles. The van der Waals surface area contributed by atoms with Crippen LogP contribution >= 0.6 is 0 Å². The van der Waals surface area contributed by atoms with Crippen LogP contribution in [-0.2, 0) is 11.2 Å². The number of ether oxygens (including phenoxy) is 1. The average Bonchev–Trinajstić information content (AvgIpc) is 3.41. The summed E-state index contributed by atoms with van der Waals surface area (Å²) in [6, 6.07) is 9.39. The van der Waals surface area contributed by atoms with Crippen LogP contribution in [0.5, 0.6) is 5.75 Å². The number of rotatable bonds is 7. The molecule has 0 spiro atoms. The lowest BCUT2D eigenvalue weighted by atomic mass is 10.0. The zero-order chi connectivity index (χ0) is 24.0. The normalized spacial score (nSPS) is 11.1. The summed E-state index contributed by atoms with van der Waals surface area (Å²) in [4.78, 5) is 19.1. The summed E-state index contributed by atoms with van der Waals surface area (Å²) in [5, 5.41) is 16.3. The van der Waals surface area contributed by atoms with Crippen molar-refractivity contribution in [2.75, 3.05) is 12.4 Å². The number of benzene rings is 1. The summed E-state index contributed by atoms with van der Waals surface area (Å²) in [5.74, 6) is 1.80. The Balaban J connectivity index is 0.000000215. The van der Waals surface area contributed by atoms with E-state index in [1.54, 1.807) is 27.0 Å². The van der Waals surface area contributed by atoms with Crippen molar-refractivity contribution < 1.29 is 19.2 Å². The third-order valence-corrected chi connectivity index (χ3v) is 5.03. The molecule has 0 aliphatic rings. The number of hydrogen-bond donors (Lipinski definition) is 2. The number of aromatic nitrogens is 4. The van der Waals surface area contributed by atoms with Gasteiger partial charge in [0.15, 0.2) is 0 Å². The third-order valence-electron chi connectivity index (χ3n) is 5.03. The van der Waals surface area contributed by atoms with Crippen molar-refractivity contribution in [3.8, 4) is 17.1 Å². The van der Waals surface area contributed by atoms with Crippen molar-refractivity contribution in [1.82, 2.24) is 19.5 Å². The number of aryl methyl sites for hydroxylation is 3. The molecule has 1 aromatic carbocycles. The molecular weight excluding hydrogens is 422 g/mol. The molecule has 0 unspecified atom stereocenters. The minimum atomic E-state index is -0.764. The van der Waals surface area contributed by atoms with Gasteiger partial charge in [0.1, 0.15) is 11.4 Å². The highest BCUT2D eigenvalue weighted by Crippen LogP contribution is 2.24. The molecule has 1 amide bonds. The Bertz CT molecular complexity index is 1220. The Morgan fingerprint density at radius 2 is 2.03 bits per heavy atom. The number of carbonyl (C=O) groups excluding carboxylic acids is 1. The van der Waals surface area contributed by atoms with Crippen molar-refractivity contribution in [1.29, 1.82) is 0 Å². The van der Waals surface area contributed by atoms with Gasteiger partial charge in [-0.25, -0.2) is 4.98 Å². The van der Waals surface area contributed by atoms with Crippen LogP contribution in [0.4, 0.5) is 5.69 Å². The van der Waals surface area contributed by atoms with Crippen LogP contribution < -0.4 is 10.1 Å². The smallest absolute Gasteiger partial charge is 0.227 e. The van der Waals surface area contributed by atoms with Gasteiger partial charge < -0.3 is 24.1 Å². The first-order valence-corrected chi connectivity index (χ1v) is 10.5. The van der Waals surface area contributed by atoms with Crippen LogP contribution in [0.25, 0.3) is 17.0 Å². The first-order valence-electron chi connectivity index (χ1n) is 10.5. The number of fused-ring (bicyclic) bond motifs is 1. The van der Waals surface area contributed by atoms with Gasteiger partial charge in [0, 0.05) is 29.6 Å². The molecule has 0 fully saturated rings. The van der Waals surface area contributed by atoms with Gasteiger partial charge in [-0.2, -0.15) is 4.98 Å². The summed E-state index contributed by atoms with van der Waals surface area (Å²) >= 11 is 0. The fraction of sp³-hybridized carbons (Fsp3) is 0.333. The fourth-order valence-corrected chi connectivity index (χ4v) is 3.07. The second-order valence-corrected chi connectivity index (χ2v) is 8.31. The Kier molecular flexibility index (Phi) is 7.44.